The Kier molecular flexibility index (Phi) is 4.03. The van der Waals surface area contributed by atoms with Gasteiger partial charge in [0.2, 0.25) is 0 Å². The third-order valence-corrected chi connectivity index (χ3v) is 3.21. The van der Waals surface area contributed by atoms with Gasteiger partial charge in [-0.2, -0.15) is 0 Å². The molecular formula is C15H18O3. The fraction of sp³-hybridized carbons (Fsp3) is 0.400. The van der Waals surface area contributed by atoms with Crippen LogP contribution in [0.4, 0.5) is 0 Å². The van der Waals surface area contributed by atoms with E-state index >= 15 is 0 Å². The Labute approximate surface area is 107 Å². The van der Waals surface area contributed by atoms with Crippen LogP contribution in [0.1, 0.15) is 31.2 Å². The van der Waals surface area contributed by atoms with E-state index in [0.717, 1.165) is 30.4 Å². The Morgan fingerprint density at radius 3 is 2.44 bits per heavy atom. The van der Waals surface area contributed by atoms with Gasteiger partial charge in [-0.15, -0.1) is 0 Å². The number of hydrogen-bond acceptors (Lipinski definition) is 3. The molecule has 0 amide bonds. The number of benzene rings is 1. The standard InChI is InChI=1S/C15H18O3/c1-17-14-8-7-11(10-15(14)18-2)9-12-5-3-4-6-13(12)16/h7-10H,3-6H2,1-2H3/b12-9-. The zero-order valence-corrected chi connectivity index (χ0v) is 10.9. The lowest BCUT2D eigenvalue weighted by Crippen LogP contribution is -2.07. The minimum Gasteiger partial charge on any atom is -0.493 e. The fourth-order valence-corrected chi connectivity index (χ4v) is 2.20. The first-order valence-corrected chi connectivity index (χ1v) is 6.20. The highest BCUT2D eigenvalue weighted by molar-refractivity contribution is 6.00. The molecule has 3 nitrogen and oxygen atoms in total. The van der Waals surface area contributed by atoms with E-state index in [0.29, 0.717) is 17.9 Å². The van der Waals surface area contributed by atoms with Crippen molar-refractivity contribution in [1.82, 2.24) is 0 Å². The molecule has 1 aromatic rings. The lowest BCUT2D eigenvalue weighted by molar-refractivity contribution is -0.116. The van der Waals surface area contributed by atoms with Crippen LogP contribution >= 0.6 is 0 Å². The van der Waals surface area contributed by atoms with Gasteiger partial charge in [-0.05, 0) is 48.6 Å². The molecule has 1 aliphatic carbocycles. The predicted molar refractivity (Wildman–Crippen MR) is 71.0 cm³/mol. The zero-order valence-electron chi connectivity index (χ0n) is 10.9. The maximum absolute atomic E-state index is 11.8. The summed E-state index contributed by atoms with van der Waals surface area (Å²) in [5, 5.41) is 0. The monoisotopic (exact) mass is 246 g/mol. The average molecular weight is 246 g/mol. The molecule has 96 valence electrons. The topological polar surface area (TPSA) is 35.5 Å². The van der Waals surface area contributed by atoms with Crippen molar-refractivity contribution in [2.24, 2.45) is 0 Å². The summed E-state index contributed by atoms with van der Waals surface area (Å²) in [4.78, 5) is 11.8. The second-order valence-electron chi connectivity index (χ2n) is 4.41. The molecule has 0 aliphatic heterocycles. The summed E-state index contributed by atoms with van der Waals surface area (Å²) >= 11 is 0. The number of ketones is 1. The van der Waals surface area contributed by atoms with Crippen LogP contribution in [0.2, 0.25) is 0 Å². The number of Topliss-reactive ketones (excluding diaryl/α,β-unsaturated/α-hetero) is 1. The van der Waals surface area contributed by atoms with Gasteiger partial charge in [-0.25, -0.2) is 0 Å². The second-order valence-corrected chi connectivity index (χ2v) is 4.41. The summed E-state index contributed by atoms with van der Waals surface area (Å²) in [7, 11) is 3.22. The Bertz CT molecular complexity index is 475. The summed E-state index contributed by atoms with van der Waals surface area (Å²) in [5.41, 5.74) is 1.91. The van der Waals surface area contributed by atoms with Crippen molar-refractivity contribution >= 4 is 11.9 Å². The lowest BCUT2D eigenvalue weighted by Gasteiger charge is -2.13. The van der Waals surface area contributed by atoms with E-state index in [1.165, 1.54) is 0 Å². The fourth-order valence-electron chi connectivity index (χ4n) is 2.20. The molecule has 0 spiro atoms. The molecule has 0 N–H and O–H groups in total. The molecule has 0 radical (unpaired) electrons. The van der Waals surface area contributed by atoms with Crippen LogP contribution in [0.25, 0.3) is 6.08 Å². The van der Waals surface area contributed by atoms with Crippen LogP contribution in [-0.2, 0) is 4.79 Å². The molecule has 0 aromatic heterocycles. The summed E-state index contributed by atoms with van der Waals surface area (Å²) < 4.78 is 10.4. The van der Waals surface area contributed by atoms with Gasteiger partial charge in [0.15, 0.2) is 17.3 Å². The van der Waals surface area contributed by atoms with Crippen molar-refractivity contribution in [3.63, 3.8) is 0 Å². The van der Waals surface area contributed by atoms with Gasteiger partial charge in [0, 0.05) is 6.42 Å². The first kappa shape index (κ1) is 12.7. The quantitative estimate of drug-likeness (QED) is 0.768. The Morgan fingerprint density at radius 1 is 1.06 bits per heavy atom. The highest BCUT2D eigenvalue weighted by Gasteiger charge is 2.14. The summed E-state index contributed by atoms with van der Waals surface area (Å²) in [5.74, 6) is 1.67. The molecule has 1 fully saturated rings. The van der Waals surface area contributed by atoms with Crippen molar-refractivity contribution < 1.29 is 14.3 Å². The highest BCUT2D eigenvalue weighted by atomic mass is 16.5. The number of carbonyl (C=O) groups is 1. The zero-order chi connectivity index (χ0) is 13.0. The average Bonchev–Trinajstić information content (AvgIpc) is 2.41. The highest BCUT2D eigenvalue weighted by Crippen LogP contribution is 2.29. The van der Waals surface area contributed by atoms with E-state index in [4.69, 9.17) is 9.47 Å². The molecule has 18 heavy (non-hydrogen) atoms. The van der Waals surface area contributed by atoms with Crippen LogP contribution in [0.5, 0.6) is 11.5 Å². The lowest BCUT2D eigenvalue weighted by atomic mass is 9.92. The second kappa shape index (κ2) is 5.71. The van der Waals surface area contributed by atoms with Gasteiger partial charge in [0.25, 0.3) is 0 Å². The van der Waals surface area contributed by atoms with Gasteiger partial charge < -0.3 is 9.47 Å². The maximum Gasteiger partial charge on any atom is 0.161 e. The first-order chi connectivity index (χ1) is 8.74. The predicted octanol–water partition coefficient (Wildman–Crippen LogP) is 3.23. The third-order valence-electron chi connectivity index (χ3n) is 3.21. The third kappa shape index (κ3) is 2.73. The van der Waals surface area contributed by atoms with Crippen molar-refractivity contribution in [2.45, 2.75) is 25.7 Å². The van der Waals surface area contributed by atoms with Gasteiger partial charge in [0.05, 0.1) is 14.2 Å². The normalized spacial score (nSPS) is 17.9. The Morgan fingerprint density at radius 2 is 1.78 bits per heavy atom. The van der Waals surface area contributed by atoms with E-state index in [2.05, 4.69) is 0 Å². The Balaban J connectivity index is 2.28. The van der Waals surface area contributed by atoms with Crippen LogP contribution in [-0.4, -0.2) is 20.0 Å². The molecule has 1 saturated carbocycles. The molecular weight excluding hydrogens is 228 g/mol. The number of hydrogen-bond donors (Lipinski definition) is 0. The molecule has 1 aliphatic rings. The molecule has 0 saturated heterocycles. The smallest absolute Gasteiger partial charge is 0.161 e. The number of carbonyl (C=O) groups excluding carboxylic acids is 1. The molecule has 2 rings (SSSR count). The van der Waals surface area contributed by atoms with E-state index in [-0.39, 0.29) is 5.78 Å². The molecule has 3 heteroatoms. The van der Waals surface area contributed by atoms with Crippen molar-refractivity contribution in [3.8, 4) is 11.5 Å². The van der Waals surface area contributed by atoms with Crippen LogP contribution < -0.4 is 9.47 Å². The molecule has 0 heterocycles. The molecule has 0 unspecified atom stereocenters. The molecule has 1 aromatic carbocycles. The van der Waals surface area contributed by atoms with Gasteiger partial charge in [-0.3, -0.25) is 4.79 Å². The Hall–Kier alpha value is -1.77. The van der Waals surface area contributed by atoms with Gasteiger partial charge in [-0.1, -0.05) is 6.07 Å². The molecule has 0 bridgehead atoms. The number of ether oxygens (including phenoxy) is 2. The van der Waals surface area contributed by atoms with Gasteiger partial charge >= 0.3 is 0 Å². The number of allylic oxidation sites excluding steroid dienone is 1. The largest absolute Gasteiger partial charge is 0.493 e. The van der Waals surface area contributed by atoms with E-state index in [1.54, 1.807) is 14.2 Å². The minimum atomic E-state index is 0.274. The van der Waals surface area contributed by atoms with E-state index < -0.39 is 0 Å². The van der Waals surface area contributed by atoms with Crippen LogP contribution in [0.3, 0.4) is 0 Å². The summed E-state index contributed by atoms with van der Waals surface area (Å²) in [6, 6.07) is 5.70. The minimum absolute atomic E-state index is 0.274. The number of rotatable bonds is 3. The van der Waals surface area contributed by atoms with E-state index in [1.807, 2.05) is 24.3 Å². The SMILES string of the molecule is COc1ccc(/C=C2/CCCCC2=O)cc1OC. The van der Waals surface area contributed by atoms with E-state index in [9.17, 15) is 4.79 Å². The van der Waals surface area contributed by atoms with Crippen molar-refractivity contribution in [2.75, 3.05) is 14.2 Å². The van der Waals surface area contributed by atoms with Crippen molar-refractivity contribution in [1.29, 1.82) is 0 Å². The summed E-state index contributed by atoms with van der Waals surface area (Å²) in [6.45, 7) is 0. The number of methoxy groups -OCH3 is 2. The molecule has 0 atom stereocenters. The first-order valence-electron chi connectivity index (χ1n) is 6.20. The van der Waals surface area contributed by atoms with Crippen molar-refractivity contribution in [3.05, 3.63) is 29.3 Å². The summed E-state index contributed by atoms with van der Waals surface area (Å²) in [6.07, 6.45) is 5.64. The maximum atomic E-state index is 11.8. The van der Waals surface area contributed by atoms with Gasteiger partial charge in [0.1, 0.15) is 0 Å². The van der Waals surface area contributed by atoms with Crippen LogP contribution in [0.15, 0.2) is 23.8 Å². The van der Waals surface area contributed by atoms with Crippen LogP contribution in [0, 0.1) is 0 Å².